The second-order valence-corrected chi connectivity index (χ2v) is 5.49. The number of fused-ring (bicyclic) bond motifs is 1. The normalized spacial score (nSPS) is 16.5. The van der Waals surface area contributed by atoms with Gasteiger partial charge in [0.2, 0.25) is 12.7 Å². The van der Waals surface area contributed by atoms with Crippen LogP contribution in [0.1, 0.15) is 5.69 Å². The highest BCUT2D eigenvalue weighted by Crippen LogP contribution is 2.35. The van der Waals surface area contributed by atoms with E-state index < -0.39 is 0 Å². The summed E-state index contributed by atoms with van der Waals surface area (Å²) in [7, 11) is 0. The van der Waals surface area contributed by atoms with Gasteiger partial charge in [0.25, 0.3) is 0 Å². The molecule has 0 radical (unpaired) electrons. The summed E-state index contributed by atoms with van der Waals surface area (Å²) < 4.78 is 16.1. The molecule has 120 valence electrons. The Hall–Kier alpha value is -2.54. The Bertz CT molecular complexity index is 716. The molecule has 1 aromatic carbocycles. The molecule has 1 N–H and O–H groups in total. The molecule has 23 heavy (non-hydrogen) atoms. The number of aryl methyl sites for hydroxylation is 1. The average Bonchev–Trinajstić information content (AvgIpc) is 3.03. The summed E-state index contributed by atoms with van der Waals surface area (Å²) in [6, 6.07) is 7.67. The van der Waals surface area contributed by atoms with E-state index in [4.69, 9.17) is 14.2 Å². The lowest BCUT2D eigenvalue weighted by atomic mass is 10.2. The van der Waals surface area contributed by atoms with Crippen molar-refractivity contribution in [2.24, 2.45) is 0 Å². The maximum atomic E-state index is 5.40. The fourth-order valence-electron chi connectivity index (χ4n) is 2.64. The topological polar surface area (TPSA) is 68.7 Å². The second kappa shape index (κ2) is 5.92. The summed E-state index contributed by atoms with van der Waals surface area (Å²) in [5, 5.41) is 3.31. The van der Waals surface area contributed by atoms with Gasteiger partial charge >= 0.3 is 0 Å². The molecule has 0 saturated carbocycles. The molecule has 7 nitrogen and oxygen atoms in total. The Morgan fingerprint density at radius 3 is 2.74 bits per heavy atom. The molecule has 2 aromatic rings. The number of hydrogen-bond donors (Lipinski definition) is 1. The summed E-state index contributed by atoms with van der Waals surface area (Å²) in [6.45, 7) is 5.29. The van der Waals surface area contributed by atoms with Crippen LogP contribution in [0.15, 0.2) is 24.3 Å². The first-order valence-electron chi connectivity index (χ1n) is 7.63. The van der Waals surface area contributed by atoms with Gasteiger partial charge in [-0.25, -0.2) is 4.98 Å². The van der Waals surface area contributed by atoms with Gasteiger partial charge in [-0.15, -0.1) is 0 Å². The van der Waals surface area contributed by atoms with E-state index in [1.165, 1.54) is 0 Å². The van der Waals surface area contributed by atoms with Crippen LogP contribution in [-0.4, -0.2) is 43.1 Å². The minimum absolute atomic E-state index is 0.270. The molecule has 2 aliphatic rings. The van der Waals surface area contributed by atoms with Crippen molar-refractivity contribution in [2.75, 3.05) is 43.3 Å². The van der Waals surface area contributed by atoms with E-state index in [1.54, 1.807) is 0 Å². The summed E-state index contributed by atoms with van der Waals surface area (Å²) in [6.07, 6.45) is 0. The zero-order valence-electron chi connectivity index (χ0n) is 12.9. The molecule has 0 bridgehead atoms. The van der Waals surface area contributed by atoms with Crippen LogP contribution in [0, 0.1) is 6.92 Å². The van der Waals surface area contributed by atoms with Gasteiger partial charge in [-0.3, -0.25) is 0 Å². The Morgan fingerprint density at radius 2 is 1.87 bits per heavy atom. The molecule has 1 aromatic heterocycles. The Balaban J connectivity index is 1.57. The predicted octanol–water partition coefficient (Wildman–Crippen LogP) is 2.09. The molecular formula is C16H18N4O3. The van der Waals surface area contributed by atoms with Crippen molar-refractivity contribution < 1.29 is 14.2 Å². The third kappa shape index (κ3) is 3.00. The van der Waals surface area contributed by atoms with Crippen molar-refractivity contribution in [1.82, 2.24) is 9.97 Å². The van der Waals surface area contributed by atoms with E-state index in [9.17, 15) is 0 Å². The van der Waals surface area contributed by atoms with Gasteiger partial charge in [-0.05, 0) is 19.1 Å². The van der Waals surface area contributed by atoms with E-state index in [0.29, 0.717) is 13.2 Å². The number of benzene rings is 1. The number of hydrogen-bond acceptors (Lipinski definition) is 7. The Labute approximate surface area is 134 Å². The summed E-state index contributed by atoms with van der Waals surface area (Å²) in [4.78, 5) is 11.3. The number of rotatable bonds is 3. The van der Waals surface area contributed by atoms with E-state index in [0.717, 1.165) is 47.7 Å². The third-order valence-corrected chi connectivity index (χ3v) is 3.78. The van der Waals surface area contributed by atoms with Gasteiger partial charge in [0.15, 0.2) is 11.5 Å². The van der Waals surface area contributed by atoms with Crippen LogP contribution in [0.4, 0.5) is 17.5 Å². The minimum atomic E-state index is 0.270. The second-order valence-electron chi connectivity index (χ2n) is 5.49. The van der Waals surface area contributed by atoms with Gasteiger partial charge in [0.05, 0.1) is 13.2 Å². The smallest absolute Gasteiger partial charge is 0.231 e. The van der Waals surface area contributed by atoms with Gasteiger partial charge in [0.1, 0.15) is 5.82 Å². The van der Waals surface area contributed by atoms with Crippen LogP contribution >= 0.6 is 0 Å². The molecule has 0 spiro atoms. The molecule has 1 fully saturated rings. The lowest BCUT2D eigenvalue weighted by Gasteiger charge is -2.27. The highest BCUT2D eigenvalue weighted by Gasteiger charge is 2.16. The van der Waals surface area contributed by atoms with Crippen molar-refractivity contribution in [3.8, 4) is 11.5 Å². The lowest BCUT2D eigenvalue weighted by Crippen LogP contribution is -2.37. The maximum absolute atomic E-state index is 5.40. The molecule has 7 heteroatoms. The quantitative estimate of drug-likeness (QED) is 0.930. The Morgan fingerprint density at radius 1 is 1.04 bits per heavy atom. The summed E-state index contributed by atoms with van der Waals surface area (Å²) in [5.74, 6) is 3.01. The first-order valence-corrected chi connectivity index (χ1v) is 7.63. The highest BCUT2D eigenvalue weighted by molar-refractivity contribution is 5.62. The summed E-state index contributed by atoms with van der Waals surface area (Å²) >= 11 is 0. The number of morpholine rings is 1. The molecule has 0 amide bonds. The highest BCUT2D eigenvalue weighted by atomic mass is 16.7. The van der Waals surface area contributed by atoms with Crippen LogP contribution in [0.5, 0.6) is 11.5 Å². The van der Waals surface area contributed by atoms with Gasteiger partial charge < -0.3 is 24.4 Å². The van der Waals surface area contributed by atoms with Crippen LogP contribution in [0.25, 0.3) is 0 Å². The van der Waals surface area contributed by atoms with Gasteiger partial charge in [0, 0.05) is 36.6 Å². The molecular weight excluding hydrogens is 296 g/mol. The number of nitrogens with zero attached hydrogens (tertiary/aromatic N) is 3. The van der Waals surface area contributed by atoms with Crippen LogP contribution < -0.4 is 19.7 Å². The van der Waals surface area contributed by atoms with Gasteiger partial charge in [-0.2, -0.15) is 4.98 Å². The molecule has 4 rings (SSSR count). The van der Waals surface area contributed by atoms with E-state index in [2.05, 4.69) is 20.2 Å². The Kier molecular flexibility index (Phi) is 3.63. The first kappa shape index (κ1) is 14.1. The third-order valence-electron chi connectivity index (χ3n) is 3.78. The number of ether oxygens (including phenoxy) is 3. The minimum Gasteiger partial charge on any atom is -0.454 e. The van der Waals surface area contributed by atoms with E-state index >= 15 is 0 Å². The molecule has 2 aliphatic heterocycles. The maximum Gasteiger partial charge on any atom is 0.231 e. The summed E-state index contributed by atoms with van der Waals surface area (Å²) in [5.41, 5.74) is 1.82. The lowest BCUT2D eigenvalue weighted by molar-refractivity contribution is 0.122. The largest absolute Gasteiger partial charge is 0.454 e. The molecule has 0 unspecified atom stereocenters. The average molecular weight is 314 g/mol. The van der Waals surface area contributed by atoms with E-state index in [1.807, 2.05) is 31.2 Å². The van der Waals surface area contributed by atoms with Crippen molar-refractivity contribution in [2.45, 2.75) is 6.92 Å². The zero-order valence-corrected chi connectivity index (χ0v) is 12.9. The van der Waals surface area contributed by atoms with Crippen LogP contribution in [-0.2, 0) is 4.74 Å². The zero-order chi connectivity index (χ0) is 15.6. The standard InChI is InChI=1S/C16H18N4O3/c1-11-8-15(19-16(17-11)20-4-6-21-7-5-20)18-12-2-3-13-14(9-12)23-10-22-13/h2-3,8-9H,4-7,10H2,1H3,(H,17,18,19). The van der Waals surface area contributed by atoms with Gasteiger partial charge in [-0.1, -0.05) is 0 Å². The monoisotopic (exact) mass is 314 g/mol. The molecule has 0 atom stereocenters. The predicted molar refractivity (Wildman–Crippen MR) is 85.6 cm³/mol. The van der Waals surface area contributed by atoms with Crippen molar-refractivity contribution in [3.63, 3.8) is 0 Å². The molecule has 1 saturated heterocycles. The SMILES string of the molecule is Cc1cc(Nc2ccc3c(c2)OCO3)nc(N2CCOCC2)n1. The van der Waals surface area contributed by atoms with Crippen molar-refractivity contribution in [3.05, 3.63) is 30.0 Å². The first-order chi connectivity index (χ1) is 11.3. The van der Waals surface area contributed by atoms with Crippen molar-refractivity contribution in [1.29, 1.82) is 0 Å². The number of nitrogens with one attached hydrogen (secondary N) is 1. The molecule has 3 heterocycles. The van der Waals surface area contributed by atoms with E-state index in [-0.39, 0.29) is 6.79 Å². The fraction of sp³-hybridized carbons (Fsp3) is 0.375. The molecule has 0 aliphatic carbocycles. The fourth-order valence-corrected chi connectivity index (χ4v) is 2.64. The number of anilines is 3. The van der Waals surface area contributed by atoms with Crippen LogP contribution in [0.2, 0.25) is 0 Å². The van der Waals surface area contributed by atoms with Crippen LogP contribution in [0.3, 0.4) is 0 Å². The van der Waals surface area contributed by atoms with Crippen molar-refractivity contribution >= 4 is 17.5 Å². The number of aromatic nitrogens is 2.